The van der Waals surface area contributed by atoms with Crippen LogP contribution in [0.4, 0.5) is 5.69 Å². The van der Waals surface area contributed by atoms with Gasteiger partial charge in [-0.3, -0.25) is 0 Å². The number of aliphatic hydroxyl groups is 1. The molecular weight excluding hydrogens is 318 g/mol. The Hall–Kier alpha value is -0.590. The molecule has 0 fully saturated rings. The summed E-state index contributed by atoms with van der Waals surface area (Å²) < 4.78 is 22.9. The maximum atomic E-state index is 12.1. The van der Waals surface area contributed by atoms with Gasteiger partial charge in [0, 0.05) is 11.4 Å². The number of halogens is 1. The molecule has 1 aromatic carbocycles. The van der Waals surface area contributed by atoms with Crippen molar-refractivity contribution < 1.29 is 13.5 Å². The number of nitrogens with two attached hydrogens (primary N) is 1. The first-order valence-electron chi connectivity index (χ1n) is 5.73. The van der Waals surface area contributed by atoms with E-state index in [1.165, 1.54) is 0 Å². The van der Waals surface area contributed by atoms with Crippen molar-refractivity contribution in [1.82, 2.24) is 0 Å². The maximum Gasteiger partial charge on any atom is 0.168 e. The monoisotopic (exact) mass is 335 g/mol. The fourth-order valence-electron chi connectivity index (χ4n) is 1.80. The molecule has 0 saturated heterocycles. The van der Waals surface area contributed by atoms with Crippen molar-refractivity contribution in [3.63, 3.8) is 0 Å². The quantitative estimate of drug-likeness (QED) is 0.638. The zero-order valence-electron chi connectivity index (χ0n) is 10.4. The number of rotatable bonds is 5. The second-order valence-corrected chi connectivity index (χ2v) is 8.59. The maximum absolute atomic E-state index is 12.1. The van der Waals surface area contributed by atoms with E-state index in [-0.39, 0.29) is 12.2 Å². The summed E-state index contributed by atoms with van der Waals surface area (Å²) in [5.41, 5.74) is 6.63. The lowest BCUT2D eigenvalue weighted by Gasteiger charge is -2.31. The minimum atomic E-state index is -3.44. The highest BCUT2D eigenvalue weighted by atomic mass is 79.9. The molecule has 0 aliphatic rings. The second kappa shape index (κ2) is 5.59. The molecule has 2 atom stereocenters. The van der Waals surface area contributed by atoms with Gasteiger partial charge >= 0.3 is 0 Å². The van der Waals surface area contributed by atoms with E-state index >= 15 is 0 Å². The zero-order chi connectivity index (χ0) is 14.0. The molecule has 102 valence electrons. The molecule has 0 saturated carbocycles. The second-order valence-electron chi connectivity index (χ2n) is 4.12. The summed E-state index contributed by atoms with van der Waals surface area (Å²) in [4.78, 5) is 0. The van der Waals surface area contributed by atoms with Crippen molar-refractivity contribution in [2.75, 3.05) is 11.5 Å². The number of benzene rings is 1. The molecule has 0 unspecified atom stereocenters. The zero-order valence-corrected chi connectivity index (χ0v) is 12.8. The number of sulfone groups is 1. The third kappa shape index (κ3) is 2.70. The van der Waals surface area contributed by atoms with E-state index in [0.717, 1.165) is 0 Å². The first kappa shape index (κ1) is 15.5. The topological polar surface area (TPSA) is 80.4 Å². The number of nitrogen functional groups attached to an aromatic ring is 1. The minimum absolute atomic E-state index is 0.0362. The predicted molar refractivity (Wildman–Crippen MR) is 77.2 cm³/mol. The van der Waals surface area contributed by atoms with Crippen molar-refractivity contribution in [2.24, 2.45) is 0 Å². The Morgan fingerprint density at radius 2 is 2.06 bits per heavy atom. The van der Waals surface area contributed by atoms with Gasteiger partial charge in [-0.05, 0) is 24.1 Å². The highest BCUT2D eigenvalue weighted by molar-refractivity contribution is 9.11. The van der Waals surface area contributed by atoms with Gasteiger partial charge in [0.05, 0.1) is 0 Å². The number of aliphatic hydroxyl groups excluding tert-OH is 1. The van der Waals surface area contributed by atoms with Crippen LogP contribution in [0.15, 0.2) is 24.3 Å². The smallest absolute Gasteiger partial charge is 0.168 e. The summed E-state index contributed by atoms with van der Waals surface area (Å²) in [6.07, 6.45) is -0.893. The van der Waals surface area contributed by atoms with E-state index in [4.69, 9.17) is 5.73 Å². The van der Waals surface area contributed by atoms with Gasteiger partial charge in [-0.1, -0.05) is 41.9 Å². The molecular formula is C12H18BrNO3S. The lowest BCUT2D eigenvalue weighted by Crippen LogP contribution is -2.39. The van der Waals surface area contributed by atoms with Crippen molar-refractivity contribution in [3.05, 3.63) is 29.8 Å². The minimum Gasteiger partial charge on any atom is -0.399 e. The summed E-state index contributed by atoms with van der Waals surface area (Å²) >= 11 is 3.21. The fraction of sp³-hybridized carbons (Fsp3) is 0.500. The Kier molecular flexibility index (Phi) is 4.80. The number of anilines is 1. The molecule has 4 nitrogen and oxygen atoms in total. The summed E-state index contributed by atoms with van der Waals surface area (Å²) in [6, 6.07) is 6.63. The van der Waals surface area contributed by atoms with E-state index in [2.05, 4.69) is 15.9 Å². The van der Waals surface area contributed by atoms with E-state index in [1.54, 1.807) is 38.1 Å². The fourth-order valence-corrected chi connectivity index (χ4v) is 4.15. The largest absolute Gasteiger partial charge is 0.399 e. The Bertz CT molecular complexity index is 518. The van der Waals surface area contributed by atoms with Crippen LogP contribution >= 0.6 is 15.9 Å². The van der Waals surface area contributed by atoms with Crippen LogP contribution in [0, 0.1) is 0 Å². The lowest BCUT2D eigenvalue weighted by atomic mass is 10.0. The average Bonchev–Trinajstić information content (AvgIpc) is 2.36. The van der Waals surface area contributed by atoms with Gasteiger partial charge in [-0.2, -0.15) is 0 Å². The molecule has 0 amide bonds. The molecule has 0 aromatic heterocycles. The highest BCUT2D eigenvalue weighted by Crippen LogP contribution is 2.42. The van der Waals surface area contributed by atoms with Gasteiger partial charge in [-0.15, -0.1) is 0 Å². The standard InChI is InChI=1S/C12H18BrNO3S/c1-3-12(13,18(16,17)4-2)11(15)9-6-5-7-10(14)8-9/h5-8,11,15H,3-4,14H2,1-2H3/t11-,12-/m0/s1. The van der Waals surface area contributed by atoms with Gasteiger partial charge in [0.15, 0.2) is 13.5 Å². The Morgan fingerprint density at radius 1 is 1.44 bits per heavy atom. The number of hydrogen-bond acceptors (Lipinski definition) is 4. The van der Waals surface area contributed by atoms with Gasteiger partial charge in [0.1, 0.15) is 6.10 Å². The van der Waals surface area contributed by atoms with Crippen molar-refractivity contribution in [1.29, 1.82) is 0 Å². The molecule has 0 bridgehead atoms. The molecule has 0 spiro atoms. The Morgan fingerprint density at radius 3 is 2.50 bits per heavy atom. The first-order valence-corrected chi connectivity index (χ1v) is 8.17. The molecule has 3 N–H and O–H groups in total. The van der Waals surface area contributed by atoms with E-state index in [9.17, 15) is 13.5 Å². The van der Waals surface area contributed by atoms with Gasteiger partial charge in [-0.25, -0.2) is 8.42 Å². The van der Waals surface area contributed by atoms with Crippen LogP contribution in [-0.4, -0.2) is 22.9 Å². The number of alkyl halides is 1. The molecule has 0 heterocycles. The van der Waals surface area contributed by atoms with Crippen LogP contribution in [0.2, 0.25) is 0 Å². The summed E-state index contributed by atoms with van der Waals surface area (Å²) in [6.45, 7) is 3.28. The molecule has 18 heavy (non-hydrogen) atoms. The van der Waals surface area contributed by atoms with Crippen LogP contribution in [-0.2, 0) is 9.84 Å². The molecule has 6 heteroatoms. The predicted octanol–water partition coefficient (Wildman–Crippen LogP) is 2.24. The van der Waals surface area contributed by atoms with Crippen molar-refractivity contribution in [3.8, 4) is 0 Å². The van der Waals surface area contributed by atoms with Crippen LogP contribution < -0.4 is 5.73 Å². The SMILES string of the molecule is CC[C@@](Br)([C@@H](O)c1cccc(N)c1)S(=O)(=O)CC. The van der Waals surface area contributed by atoms with Crippen LogP contribution in [0.5, 0.6) is 0 Å². The van der Waals surface area contributed by atoms with Crippen LogP contribution in [0.25, 0.3) is 0 Å². The van der Waals surface area contributed by atoms with Gasteiger partial charge in [0.25, 0.3) is 0 Å². The van der Waals surface area contributed by atoms with E-state index < -0.39 is 19.6 Å². The highest BCUT2D eigenvalue weighted by Gasteiger charge is 2.45. The van der Waals surface area contributed by atoms with Crippen molar-refractivity contribution in [2.45, 2.75) is 30.0 Å². The lowest BCUT2D eigenvalue weighted by molar-refractivity contribution is 0.160. The van der Waals surface area contributed by atoms with E-state index in [1.807, 2.05) is 0 Å². The molecule has 0 aliphatic carbocycles. The molecule has 1 rings (SSSR count). The molecule has 0 aliphatic heterocycles. The van der Waals surface area contributed by atoms with Gasteiger partial charge in [0.2, 0.25) is 0 Å². The molecule has 0 radical (unpaired) electrons. The summed E-state index contributed by atoms with van der Waals surface area (Å²) in [5, 5.41) is 10.3. The summed E-state index contributed by atoms with van der Waals surface area (Å²) in [7, 11) is -3.44. The van der Waals surface area contributed by atoms with Crippen molar-refractivity contribution >= 4 is 31.5 Å². The third-order valence-electron chi connectivity index (χ3n) is 3.01. The Balaban J connectivity index is 3.26. The third-order valence-corrected chi connectivity index (χ3v) is 7.79. The summed E-state index contributed by atoms with van der Waals surface area (Å²) in [5.74, 6) is -0.0362. The van der Waals surface area contributed by atoms with Crippen LogP contribution in [0.1, 0.15) is 31.9 Å². The normalized spacial score (nSPS) is 17.1. The average molecular weight is 336 g/mol. The van der Waals surface area contributed by atoms with Gasteiger partial charge < -0.3 is 10.8 Å². The van der Waals surface area contributed by atoms with E-state index in [0.29, 0.717) is 11.3 Å². The Labute approximate surface area is 116 Å². The first-order chi connectivity index (χ1) is 8.28. The molecule has 1 aromatic rings. The van der Waals surface area contributed by atoms with Crippen LogP contribution in [0.3, 0.4) is 0 Å². The number of hydrogen-bond donors (Lipinski definition) is 2.